The molecule has 0 heterocycles. The summed E-state index contributed by atoms with van der Waals surface area (Å²) in [4.78, 5) is 11.2. The molecular formula is C13H17NO2. The molecule has 0 aliphatic carbocycles. The molecule has 1 aromatic rings. The molecule has 0 fully saturated rings. The van der Waals surface area contributed by atoms with Crippen LogP contribution in [0.2, 0.25) is 0 Å². The molecule has 1 rings (SSSR count). The van der Waals surface area contributed by atoms with Crippen molar-refractivity contribution in [3.05, 3.63) is 35.9 Å². The summed E-state index contributed by atoms with van der Waals surface area (Å²) in [5, 5.41) is 2.81. The standard InChI is InChI=1S/C11H15NO2.C2H2/c1-14-8-7-11(13)12-9-10-5-3-2-4-6-10;1-2/h2-6H,7-9H2,1H3,(H,12,13);1-2H. The second kappa shape index (κ2) is 9.75. The molecule has 0 atom stereocenters. The fourth-order valence-electron chi connectivity index (χ4n) is 1.08. The second-order valence-electron chi connectivity index (χ2n) is 3.01. The highest BCUT2D eigenvalue weighted by Crippen LogP contribution is 1.97. The van der Waals surface area contributed by atoms with Gasteiger partial charge in [-0.2, -0.15) is 0 Å². The summed E-state index contributed by atoms with van der Waals surface area (Å²) in [7, 11) is 1.59. The Kier molecular flexibility index (Phi) is 8.66. The van der Waals surface area contributed by atoms with Gasteiger partial charge < -0.3 is 10.1 Å². The van der Waals surface area contributed by atoms with E-state index in [4.69, 9.17) is 4.74 Å². The van der Waals surface area contributed by atoms with Crippen LogP contribution >= 0.6 is 0 Å². The Hall–Kier alpha value is -1.79. The summed E-state index contributed by atoms with van der Waals surface area (Å²) in [6.45, 7) is 1.06. The summed E-state index contributed by atoms with van der Waals surface area (Å²) >= 11 is 0. The summed E-state index contributed by atoms with van der Waals surface area (Å²) in [6, 6.07) is 9.83. The molecule has 0 radical (unpaired) electrons. The van der Waals surface area contributed by atoms with Gasteiger partial charge in [0.05, 0.1) is 6.61 Å². The molecule has 0 spiro atoms. The van der Waals surface area contributed by atoms with Gasteiger partial charge in [0.25, 0.3) is 0 Å². The molecule has 0 saturated carbocycles. The Morgan fingerprint density at radius 1 is 1.31 bits per heavy atom. The molecule has 0 aromatic heterocycles. The number of hydrogen-bond acceptors (Lipinski definition) is 2. The highest BCUT2D eigenvalue weighted by molar-refractivity contribution is 5.75. The van der Waals surface area contributed by atoms with E-state index in [-0.39, 0.29) is 5.91 Å². The van der Waals surface area contributed by atoms with Crippen LogP contribution in [0.1, 0.15) is 12.0 Å². The van der Waals surface area contributed by atoms with E-state index in [9.17, 15) is 4.79 Å². The minimum atomic E-state index is 0.0238. The van der Waals surface area contributed by atoms with E-state index in [0.29, 0.717) is 19.6 Å². The lowest BCUT2D eigenvalue weighted by Gasteiger charge is -2.04. The molecule has 0 saturated heterocycles. The van der Waals surface area contributed by atoms with E-state index in [1.54, 1.807) is 7.11 Å². The molecule has 16 heavy (non-hydrogen) atoms. The minimum absolute atomic E-state index is 0.0238. The van der Waals surface area contributed by atoms with Crippen molar-refractivity contribution in [1.82, 2.24) is 5.32 Å². The number of nitrogens with one attached hydrogen (secondary N) is 1. The summed E-state index contributed by atoms with van der Waals surface area (Å²) in [6.07, 6.45) is 8.42. The minimum Gasteiger partial charge on any atom is -0.384 e. The van der Waals surface area contributed by atoms with Crippen molar-refractivity contribution in [3.8, 4) is 12.8 Å². The smallest absolute Gasteiger partial charge is 0.222 e. The lowest BCUT2D eigenvalue weighted by atomic mass is 10.2. The predicted octanol–water partition coefficient (Wildman–Crippen LogP) is 1.59. The zero-order valence-corrected chi connectivity index (χ0v) is 9.48. The van der Waals surface area contributed by atoms with Crippen molar-refractivity contribution in [2.75, 3.05) is 13.7 Å². The van der Waals surface area contributed by atoms with Crippen LogP contribution < -0.4 is 5.32 Å². The van der Waals surface area contributed by atoms with Gasteiger partial charge in [0, 0.05) is 20.1 Å². The molecule has 3 heteroatoms. The van der Waals surface area contributed by atoms with Crippen LogP contribution in [0.4, 0.5) is 0 Å². The molecule has 1 N–H and O–H groups in total. The van der Waals surface area contributed by atoms with Crippen LogP contribution in [-0.4, -0.2) is 19.6 Å². The fourth-order valence-corrected chi connectivity index (χ4v) is 1.08. The Morgan fingerprint density at radius 3 is 2.50 bits per heavy atom. The van der Waals surface area contributed by atoms with E-state index in [0.717, 1.165) is 5.56 Å². The highest BCUT2D eigenvalue weighted by Gasteiger charge is 1.99. The second-order valence-corrected chi connectivity index (χ2v) is 3.01. The van der Waals surface area contributed by atoms with Crippen molar-refractivity contribution in [2.45, 2.75) is 13.0 Å². The highest BCUT2D eigenvalue weighted by atomic mass is 16.5. The van der Waals surface area contributed by atoms with Crippen LogP contribution in [0.15, 0.2) is 30.3 Å². The molecule has 0 aliphatic rings. The van der Waals surface area contributed by atoms with Crippen molar-refractivity contribution in [1.29, 1.82) is 0 Å². The van der Waals surface area contributed by atoms with Gasteiger partial charge in [0.15, 0.2) is 0 Å². The van der Waals surface area contributed by atoms with E-state index in [1.165, 1.54) is 0 Å². The van der Waals surface area contributed by atoms with Crippen LogP contribution in [0.5, 0.6) is 0 Å². The Balaban J connectivity index is 0.00000106. The molecule has 3 nitrogen and oxygen atoms in total. The van der Waals surface area contributed by atoms with E-state index in [2.05, 4.69) is 18.2 Å². The van der Waals surface area contributed by atoms with Gasteiger partial charge in [-0.15, -0.1) is 12.8 Å². The van der Waals surface area contributed by atoms with Crippen LogP contribution in [-0.2, 0) is 16.1 Å². The number of benzene rings is 1. The maximum absolute atomic E-state index is 11.2. The SMILES string of the molecule is C#C.COCCC(=O)NCc1ccccc1. The first-order valence-electron chi connectivity index (χ1n) is 4.96. The van der Waals surface area contributed by atoms with Crippen molar-refractivity contribution in [2.24, 2.45) is 0 Å². The van der Waals surface area contributed by atoms with Gasteiger partial charge in [0.1, 0.15) is 0 Å². The van der Waals surface area contributed by atoms with Gasteiger partial charge in [0.2, 0.25) is 5.91 Å². The van der Waals surface area contributed by atoms with Crippen LogP contribution in [0, 0.1) is 12.8 Å². The molecule has 86 valence electrons. The van der Waals surface area contributed by atoms with Crippen molar-refractivity contribution >= 4 is 5.91 Å². The summed E-state index contributed by atoms with van der Waals surface area (Å²) in [5.74, 6) is 0.0238. The summed E-state index contributed by atoms with van der Waals surface area (Å²) < 4.78 is 4.80. The number of terminal acetylenes is 1. The van der Waals surface area contributed by atoms with Gasteiger partial charge in [-0.3, -0.25) is 4.79 Å². The zero-order chi connectivity index (χ0) is 12.2. The zero-order valence-electron chi connectivity index (χ0n) is 9.48. The average Bonchev–Trinajstić information content (AvgIpc) is 2.37. The largest absolute Gasteiger partial charge is 0.384 e. The number of rotatable bonds is 5. The third kappa shape index (κ3) is 6.63. The maximum Gasteiger partial charge on any atom is 0.222 e. The summed E-state index contributed by atoms with van der Waals surface area (Å²) in [5.41, 5.74) is 1.11. The predicted molar refractivity (Wildman–Crippen MR) is 64.7 cm³/mol. The first-order chi connectivity index (χ1) is 7.83. The normalized spacial score (nSPS) is 8.69. The topological polar surface area (TPSA) is 38.3 Å². The molecule has 0 aliphatic heterocycles. The number of carbonyl (C=O) groups excluding carboxylic acids is 1. The van der Waals surface area contributed by atoms with Crippen LogP contribution in [0.25, 0.3) is 0 Å². The number of amides is 1. The lowest BCUT2D eigenvalue weighted by Crippen LogP contribution is -2.23. The third-order valence-corrected chi connectivity index (χ3v) is 1.87. The number of methoxy groups -OCH3 is 1. The number of hydrogen-bond donors (Lipinski definition) is 1. The Bertz CT molecular complexity index is 306. The quantitative estimate of drug-likeness (QED) is 0.764. The first kappa shape index (κ1) is 14.2. The van der Waals surface area contributed by atoms with Gasteiger partial charge in [-0.1, -0.05) is 30.3 Å². The monoisotopic (exact) mass is 219 g/mol. The molecule has 0 unspecified atom stereocenters. The van der Waals surface area contributed by atoms with E-state index >= 15 is 0 Å². The maximum atomic E-state index is 11.2. The molecule has 1 amide bonds. The lowest BCUT2D eigenvalue weighted by molar-refractivity contribution is -0.122. The van der Waals surface area contributed by atoms with Gasteiger partial charge in [-0.05, 0) is 5.56 Å². The van der Waals surface area contributed by atoms with E-state index < -0.39 is 0 Å². The number of carbonyl (C=O) groups is 1. The number of ether oxygens (including phenoxy) is 1. The average molecular weight is 219 g/mol. The van der Waals surface area contributed by atoms with Crippen molar-refractivity contribution in [3.63, 3.8) is 0 Å². The van der Waals surface area contributed by atoms with Gasteiger partial charge >= 0.3 is 0 Å². The molecule has 1 aromatic carbocycles. The first-order valence-corrected chi connectivity index (χ1v) is 4.96. The molecular weight excluding hydrogens is 202 g/mol. The third-order valence-electron chi connectivity index (χ3n) is 1.87. The van der Waals surface area contributed by atoms with Crippen molar-refractivity contribution < 1.29 is 9.53 Å². The van der Waals surface area contributed by atoms with Crippen LogP contribution in [0.3, 0.4) is 0 Å². The van der Waals surface area contributed by atoms with E-state index in [1.807, 2.05) is 30.3 Å². The molecule has 0 bridgehead atoms. The Labute approximate surface area is 96.8 Å². The van der Waals surface area contributed by atoms with Gasteiger partial charge in [-0.25, -0.2) is 0 Å². The Morgan fingerprint density at radius 2 is 1.94 bits per heavy atom. The fraction of sp³-hybridized carbons (Fsp3) is 0.308.